The minimum atomic E-state index is 0.630. The summed E-state index contributed by atoms with van der Waals surface area (Å²) in [6, 6.07) is 1.89. The first-order valence-corrected chi connectivity index (χ1v) is 6.15. The number of aryl methyl sites for hydroxylation is 1. The van der Waals surface area contributed by atoms with Crippen LogP contribution in [0.2, 0.25) is 0 Å². The molecule has 0 amide bonds. The van der Waals surface area contributed by atoms with Crippen LogP contribution in [0.1, 0.15) is 35.0 Å². The van der Waals surface area contributed by atoms with Gasteiger partial charge in [0.1, 0.15) is 6.33 Å². The molecule has 0 spiro atoms. The molecule has 0 N–H and O–H groups in total. The molecule has 0 saturated carbocycles. The summed E-state index contributed by atoms with van der Waals surface area (Å²) in [7, 11) is 0. The van der Waals surface area contributed by atoms with Gasteiger partial charge in [0, 0.05) is 29.2 Å². The van der Waals surface area contributed by atoms with E-state index in [9.17, 15) is 4.79 Å². The average molecular weight is 253 g/mol. The number of rotatable bonds is 4. The van der Waals surface area contributed by atoms with E-state index in [4.69, 9.17) is 0 Å². The van der Waals surface area contributed by atoms with Gasteiger partial charge in [-0.3, -0.25) is 9.78 Å². The summed E-state index contributed by atoms with van der Waals surface area (Å²) in [4.78, 5) is 23.6. The quantitative estimate of drug-likeness (QED) is 0.786. The van der Waals surface area contributed by atoms with Crippen molar-refractivity contribution < 1.29 is 4.79 Å². The number of aromatic nitrogens is 3. The third-order valence-corrected chi connectivity index (χ3v) is 2.79. The molecule has 0 fully saturated rings. The molecule has 0 saturated heterocycles. The van der Waals surface area contributed by atoms with E-state index in [1.807, 2.05) is 25.1 Å². The lowest BCUT2D eigenvalue weighted by Crippen LogP contribution is -1.98. The van der Waals surface area contributed by atoms with Gasteiger partial charge in [0.25, 0.3) is 0 Å². The van der Waals surface area contributed by atoms with Gasteiger partial charge in [0.15, 0.2) is 6.29 Å². The Labute approximate surface area is 112 Å². The van der Waals surface area contributed by atoms with Crippen molar-refractivity contribution in [3.05, 3.63) is 47.7 Å². The Hall–Kier alpha value is -2.36. The molecule has 2 aromatic heterocycles. The van der Waals surface area contributed by atoms with Gasteiger partial charge < -0.3 is 0 Å². The fourth-order valence-electron chi connectivity index (χ4n) is 1.82. The zero-order chi connectivity index (χ0) is 13.7. The van der Waals surface area contributed by atoms with Gasteiger partial charge in [-0.15, -0.1) is 0 Å². The molecule has 19 heavy (non-hydrogen) atoms. The molecule has 0 aliphatic heterocycles. The molecule has 0 bridgehead atoms. The molecule has 2 aromatic rings. The Morgan fingerprint density at radius 1 is 1.26 bits per heavy atom. The maximum absolute atomic E-state index is 11.2. The zero-order valence-electron chi connectivity index (χ0n) is 11.0. The summed E-state index contributed by atoms with van der Waals surface area (Å²) in [5.74, 6) is 0. The molecule has 0 unspecified atom stereocenters. The van der Waals surface area contributed by atoms with Crippen molar-refractivity contribution in [2.45, 2.75) is 20.3 Å². The summed E-state index contributed by atoms with van der Waals surface area (Å²) in [6.45, 7) is 3.89. The van der Waals surface area contributed by atoms with E-state index in [2.05, 4.69) is 21.9 Å². The first kappa shape index (κ1) is 13.1. The van der Waals surface area contributed by atoms with Crippen LogP contribution in [0.25, 0.3) is 17.3 Å². The highest BCUT2D eigenvalue weighted by molar-refractivity contribution is 5.84. The molecule has 0 radical (unpaired) electrons. The van der Waals surface area contributed by atoms with E-state index in [0.29, 0.717) is 11.3 Å². The first-order chi connectivity index (χ1) is 9.26. The zero-order valence-corrected chi connectivity index (χ0v) is 11.0. The molecule has 2 rings (SSSR count). The molecule has 0 aromatic carbocycles. The summed E-state index contributed by atoms with van der Waals surface area (Å²) >= 11 is 0. The predicted molar refractivity (Wildman–Crippen MR) is 74.7 cm³/mol. The van der Waals surface area contributed by atoms with Crippen LogP contribution < -0.4 is 0 Å². The van der Waals surface area contributed by atoms with E-state index in [0.717, 1.165) is 29.5 Å². The van der Waals surface area contributed by atoms with Crippen molar-refractivity contribution in [1.82, 2.24) is 15.0 Å². The summed E-state index contributed by atoms with van der Waals surface area (Å²) < 4.78 is 0. The van der Waals surface area contributed by atoms with E-state index in [1.165, 1.54) is 6.33 Å². The van der Waals surface area contributed by atoms with Crippen molar-refractivity contribution in [3.8, 4) is 11.3 Å². The van der Waals surface area contributed by atoms with Gasteiger partial charge in [0.05, 0.1) is 5.69 Å². The Morgan fingerprint density at radius 2 is 2.00 bits per heavy atom. The lowest BCUT2D eigenvalue weighted by atomic mass is 10.0. The highest BCUT2D eigenvalue weighted by Gasteiger charge is 2.08. The SMILES string of the molecule is CCC=Cc1cc(-c2cncnc2)nc(C)c1C=O. The number of carbonyl (C=O) groups is 1. The van der Waals surface area contributed by atoms with Crippen LogP contribution in [-0.2, 0) is 0 Å². The Balaban J connectivity index is 2.56. The fraction of sp³-hybridized carbons (Fsp3) is 0.200. The molecule has 4 nitrogen and oxygen atoms in total. The minimum absolute atomic E-state index is 0.630. The van der Waals surface area contributed by atoms with Crippen LogP contribution in [0.15, 0.2) is 30.9 Å². The predicted octanol–water partition coefficient (Wildman–Crippen LogP) is 3.08. The second-order valence-electron chi connectivity index (χ2n) is 4.15. The van der Waals surface area contributed by atoms with Crippen LogP contribution in [0.5, 0.6) is 0 Å². The van der Waals surface area contributed by atoms with Crippen LogP contribution >= 0.6 is 0 Å². The number of hydrogen-bond acceptors (Lipinski definition) is 4. The van der Waals surface area contributed by atoms with E-state index in [1.54, 1.807) is 12.4 Å². The van der Waals surface area contributed by atoms with E-state index >= 15 is 0 Å². The van der Waals surface area contributed by atoms with E-state index < -0.39 is 0 Å². The average Bonchev–Trinajstić information content (AvgIpc) is 2.45. The largest absolute Gasteiger partial charge is 0.298 e. The molecule has 2 heterocycles. The summed E-state index contributed by atoms with van der Waals surface area (Å²) in [5.41, 5.74) is 3.84. The Kier molecular flexibility index (Phi) is 4.13. The molecule has 0 aliphatic rings. The standard InChI is InChI=1S/C15H15N3O/c1-3-4-5-12-6-15(13-7-16-10-17-8-13)18-11(2)14(12)9-19/h4-10H,3H2,1-2H3. The van der Waals surface area contributed by atoms with Crippen molar-refractivity contribution in [3.63, 3.8) is 0 Å². The van der Waals surface area contributed by atoms with Crippen molar-refractivity contribution >= 4 is 12.4 Å². The third kappa shape index (κ3) is 2.91. The van der Waals surface area contributed by atoms with Gasteiger partial charge in [0.2, 0.25) is 0 Å². The number of allylic oxidation sites excluding steroid dienone is 1. The van der Waals surface area contributed by atoms with Gasteiger partial charge in [-0.05, 0) is 25.0 Å². The highest BCUT2D eigenvalue weighted by Crippen LogP contribution is 2.21. The molecule has 0 atom stereocenters. The van der Waals surface area contributed by atoms with Crippen molar-refractivity contribution in [1.29, 1.82) is 0 Å². The van der Waals surface area contributed by atoms with Crippen LogP contribution in [0, 0.1) is 6.92 Å². The maximum atomic E-state index is 11.2. The molecule has 0 aliphatic carbocycles. The van der Waals surface area contributed by atoms with Gasteiger partial charge in [-0.1, -0.05) is 19.1 Å². The van der Waals surface area contributed by atoms with E-state index in [-0.39, 0.29) is 0 Å². The second kappa shape index (κ2) is 6.00. The number of hydrogen-bond donors (Lipinski definition) is 0. The number of nitrogens with zero attached hydrogens (tertiary/aromatic N) is 3. The minimum Gasteiger partial charge on any atom is -0.298 e. The number of aldehydes is 1. The van der Waals surface area contributed by atoms with Gasteiger partial charge in [-0.2, -0.15) is 0 Å². The fourth-order valence-corrected chi connectivity index (χ4v) is 1.82. The Morgan fingerprint density at radius 3 is 2.63 bits per heavy atom. The number of pyridine rings is 1. The van der Waals surface area contributed by atoms with Crippen LogP contribution in [0.4, 0.5) is 0 Å². The lowest BCUT2D eigenvalue weighted by Gasteiger charge is -2.07. The monoisotopic (exact) mass is 253 g/mol. The van der Waals surface area contributed by atoms with Crippen LogP contribution in [0.3, 0.4) is 0 Å². The molecule has 96 valence electrons. The smallest absolute Gasteiger partial charge is 0.152 e. The first-order valence-electron chi connectivity index (χ1n) is 6.15. The highest BCUT2D eigenvalue weighted by atomic mass is 16.1. The molecular formula is C15H15N3O. The van der Waals surface area contributed by atoms with Crippen molar-refractivity contribution in [2.24, 2.45) is 0 Å². The molecular weight excluding hydrogens is 238 g/mol. The summed E-state index contributed by atoms with van der Waals surface area (Å²) in [6.07, 6.45) is 10.6. The molecule has 4 heteroatoms. The lowest BCUT2D eigenvalue weighted by molar-refractivity contribution is 0.112. The van der Waals surface area contributed by atoms with Gasteiger partial charge >= 0.3 is 0 Å². The summed E-state index contributed by atoms with van der Waals surface area (Å²) in [5, 5.41) is 0. The normalized spacial score (nSPS) is 10.8. The van der Waals surface area contributed by atoms with Crippen molar-refractivity contribution in [2.75, 3.05) is 0 Å². The third-order valence-electron chi connectivity index (χ3n) is 2.79. The van der Waals surface area contributed by atoms with Gasteiger partial charge in [-0.25, -0.2) is 9.97 Å². The Bertz CT molecular complexity index is 606. The van der Waals surface area contributed by atoms with Crippen LogP contribution in [-0.4, -0.2) is 21.2 Å². The number of carbonyl (C=O) groups excluding carboxylic acids is 1. The maximum Gasteiger partial charge on any atom is 0.152 e. The topological polar surface area (TPSA) is 55.7 Å². The second-order valence-corrected chi connectivity index (χ2v) is 4.15.